The summed E-state index contributed by atoms with van der Waals surface area (Å²) in [7, 11) is 0. The Labute approximate surface area is 140 Å². The van der Waals surface area contributed by atoms with Crippen LogP contribution >= 0.6 is 23.2 Å². The molecule has 0 aliphatic carbocycles. The van der Waals surface area contributed by atoms with Crippen LogP contribution in [0.3, 0.4) is 0 Å². The van der Waals surface area contributed by atoms with Crippen molar-refractivity contribution in [2.24, 2.45) is 0 Å². The Morgan fingerprint density at radius 3 is 2.05 bits per heavy atom. The van der Waals surface area contributed by atoms with Gasteiger partial charge in [-0.15, -0.1) is 0 Å². The van der Waals surface area contributed by atoms with Gasteiger partial charge in [-0.3, -0.25) is 4.79 Å². The Kier molecular flexibility index (Phi) is 5.33. The van der Waals surface area contributed by atoms with Gasteiger partial charge in [-0.25, -0.2) is 0 Å². The van der Waals surface area contributed by atoms with Crippen molar-refractivity contribution >= 4 is 29.1 Å². The van der Waals surface area contributed by atoms with Crippen molar-refractivity contribution in [1.29, 1.82) is 0 Å². The number of carbonyl (C=O) groups is 1. The van der Waals surface area contributed by atoms with Crippen LogP contribution in [0.4, 0.5) is 0 Å². The van der Waals surface area contributed by atoms with E-state index in [2.05, 4.69) is 5.32 Å². The van der Waals surface area contributed by atoms with Crippen LogP contribution in [-0.4, -0.2) is 11.5 Å². The van der Waals surface area contributed by atoms with Crippen LogP contribution in [0.1, 0.15) is 19.4 Å². The van der Waals surface area contributed by atoms with Crippen LogP contribution in [0.15, 0.2) is 48.5 Å². The van der Waals surface area contributed by atoms with E-state index in [-0.39, 0.29) is 5.91 Å². The summed E-state index contributed by atoms with van der Waals surface area (Å²) in [4.78, 5) is 12.3. The Morgan fingerprint density at radius 1 is 1.00 bits per heavy atom. The van der Waals surface area contributed by atoms with E-state index in [0.717, 1.165) is 5.56 Å². The van der Waals surface area contributed by atoms with E-state index in [1.165, 1.54) is 0 Å². The standard InChI is InChI=1S/C17H17Cl2NO2/c1-17(2,22-15-9-7-14(19)8-10-15)16(21)20-11-12-3-5-13(18)6-4-12/h3-10H,11H2,1-2H3,(H,20,21). The first-order valence-corrected chi connectivity index (χ1v) is 7.60. The zero-order chi connectivity index (χ0) is 16.2. The van der Waals surface area contributed by atoms with Crippen molar-refractivity contribution in [3.8, 4) is 5.75 Å². The summed E-state index contributed by atoms with van der Waals surface area (Å²) in [6.45, 7) is 3.86. The summed E-state index contributed by atoms with van der Waals surface area (Å²) in [5, 5.41) is 4.15. The van der Waals surface area contributed by atoms with Gasteiger partial charge >= 0.3 is 0 Å². The first-order chi connectivity index (χ1) is 10.4. The van der Waals surface area contributed by atoms with Gasteiger partial charge in [-0.05, 0) is 55.8 Å². The highest BCUT2D eigenvalue weighted by Crippen LogP contribution is 2.21. The summed E-state index contributed by atoms with van der Waals surface area (Å²) in [6.07, 6.45) is 0. The lowest BCUT2D eigenvalue weighted by Gasteiger charge is -2.25. The summed E-state index contributed by atoms with van der Waals surface area (Å²) in [5.74, 6) is 0.397. The molecule has 116 valence electrons. The molecule has 0 unspecified atom stereocenters. The molecular formula is C17H17Cl2NO2. The highest BCUT2D eigenvalue weighted by molar-refractivity contribution is 6.30. The smallest absolute Gasteiger partial charge is 0.263 e. The summed E-state index contributed by atoms with van der Waals surface area (Å²) in [5.41, 5.74) is -0.0136. The SMILES string of the molecule is CC(C)(Oc1ccc(Cl)cc1)C(=O)NCc1ccc(Cl)cc1. The van der Waals surface area contributed by atoms with Crippen molar-refractivity contribution in [2.45, 2.75) is 26.0 Å². The minimum atomic E-state index is -0.986. The topological polar surface area (TPSA) is 38.3 Å². The Bertz CT molecular complexity index is 637. The number of hydrogen-bond donors (Lipinski definition) is 1. The van der Waals surface area contributed by atoms with E-state index >= 15 is 0 Å². The van der Waals surface area contributed by atoms with E-state index in [4.69, 9.17) is 27.9 Å². The predicted molar refractivity (Wildman–Crippen MR) is 89.5 cm³/mol. The van der Waals surface area contributed by atoms with Crippen LogP contribution in [0.5, 0.6) is 5.75 Å². The van der Waals surface area contributed by atoms with E-state index < -0.39 is 5.60 Å². The van der Waals surface area contributed by atoms with Crippen LogP contribution in [0.2, 0.25) is 10.0 Å². The fourth-order valence-electron chi connectivity index (χ4n) is 1.84. The third-order valence-electron chi connectivity index (χ3n) is 3.10. The highest BCUT2D eigenvalue weighted by atomic mass is 35.5. The first-order valence-electron chi connectivity index (χ1n) is 6.84. The third kappa shape index (κ3) is 4.65. The van der Waals surface area contributed by atoms with Gasteiger partial charge in [0, 0.05) is 16.6 Å². The fourth-order valence-corrected chi connectivity index (χ4v) is 2.09. The van der Waals surface area contributed by atoms with Gasteiger partial charge in [0.25, 0.3) is 5.91 Å². The second-order valence-corrected chi connectivity index (χ2v) is 6.25. The average Bonchev–Trinajstić information content (AvgIpc) is 2.48. The normalized spacial score (nSPS) is 11.1. The molecule has 1 N–H and O–H groups in total. The van der Waals surface area contributed by atoms with Gasteiger partial charge in [0.1, 0.15) is 5.75 Å². The molecule has 0 aromatic heterocycles. The third-order valence-corrected chi connectivity index (χ3v) is 3.60. The zero-order valence-corrected chi connectivity index (χ0v) is 13.9. The van der Waals surface area contributed by atoms with Crippen LogP contribution in [-0.2, 0) is 11.3 Å². The number of hydrogen-bond acceptors (Lipinski definition) is 2. The second kappa shape index (κ2) is 7.03. The largest absolute Gasteiger partial charge is 0.478 e. The molecule has 0 radical (unpaired) electrons. The molecule has 22 heavy (non-hydrogen) atoms. The predicted octanol–water partition coefficient (Wildman–Crippen LogP) is 4.47. The quantitative estimate of drug-likeness (QED) is 0.874. The van der Waals surface area contributed by atoms with Crippen molar-refractivity contribution < 1.29 is 9.53 Å². The van der Waals surface area contributed by atoms with Gasteiger partial charge in [0.2, 0.25) is 0 Å². The second-order valence-electron chi connectivity index (χ2n) is 5.38. The Morgan fingerprint density at radius 2 is 1.50 bits per heavy atom. The van der Waals surface area contributed by atoms with Gasteiger partial charge < -0.3 is 10.1 Å². The molecule has 5 heteroatoms. The molecule has 0 heterocycles. The molecule has 0 fully saturated rings. The molecule has 0 saturated heterocycles. The number of rotatable bonds is 5. The van der Waals surface area contributed by atoms with Crippen LogP contribution < -0.4 is 10.1 Å². The molecular weight excluding hydrogens is 321 g/mol. The molecule has 1 amide bonds. The number of amides is 1. The fraction of sp³-hybridized carbons (Fsp3) is 0.235. The number of nitrogens with one attached hydrogen (secondary N) is 1. The van der Waals surface area contributed by atoms with E-state index in [0.29, 0.717) is 22.3 Å². The number of ether oxygens (including phenoxy) is 1. The van der Waals surface area contributed by atoms with Crippen molar-refractivity contribution in [1.82, 2.24) is 5.32 Å². The molecule has 0 saturated carbocycles. The van der Waals surface area contributed by atoms with Gasteiger partial charge in [0.05, 0.1) is 0 Å². The van der Waals surface area contributed by atoms with Crippen molar-refractivity contribution in [2.75, 3.05) is 0 Å². The van der Waals surface area contributed by atoms with E-state index in [9.17, 15) is 4.79 Å². The lowest BCUT2D eigenvalue weighted by Crippen LogP contribution is -2.46. The van der Waals surface area contributed by atoms with Crippen molar-refractivity contribution in [3.63, 3.8) is 0 Å². The van der Waals surface area contributed by atoms with Crippen LogP contribution in [0, 0.1) is 0 Å². The van der Waals surface area contributed by atoms with Crippen molar-refractivity contribution in [3.05, 3.63) is 64.1 Å². The number of benzene rings is 2. The highest BCUT2D eigenvalue weighted by Gasteiger charge is 2.29. The lowest BCUT2D eigenvalue weighted by molar-refractivity contribution is -0.134. The number of halogens is 2. The summed E-state index contributed by atoms with van der Waals surface area (Å²) >= 11 is 11.7. The first kappa shape index (κ1) is 16.7. The zero-order valence-electron chi connectivity index (χ0n) is 12.4. The van der Waals surface area contributed by atoms with E-state index in [1.54, 1.807) is 50.2 Å². The molecule has 3 nitrogen and oxygen atoms in total. The summed E-state index contributed by atoms with van der Waals surface area (Å²) in [6, 6.07) is 14.2. The van der Waals surface area contributed by atoms with E-state index in [1.807, 2.05) is 12.1 Å². The molecule has 2 aromatic rings. The monoisotopic (exact) mass is 337 g/mol. The molecule has 0 aliphatic rings. The van der Waals surface area contributed by atoms with Crippen LogP contribution in [0.25, 0.3) is 0 Å². The maximum atomic E-state index is 12.3. The van der Waals surface area contributed by atoms with Gasteiger partial charge in [-0.2, -0.15) is 0 Å². The molecule has 2 rings (SSSR count). The minimum absolute atomic E-state index is 0.197. The lowest BCUT2D eigenvalue weighted by atomic mass is 10.1. The molecule has 2 aromatic carbocycles. The number of carbonyl (C=O) groups excluding carboxylic acids is 1. The van der Waals surface area contributed by atoms with Gasteiger partial charge in [0.15, 0.2) is 5.60 Å². The Balaban J connectivity index is 1.94. The maximum Gasteiger partial charge on any atom is 0.263 e. The molecule has 0 aliphatic heterocycles. The molecule has 0 atom stereocenters. The summed E-state index contributed by atoms with van der Waals surface area (Å²) < 4.78 is 5.73. The maximum absolute atomic E-state index is 12.3. The van der Waals surface area contributed by atoms with Gasteiger partial charge in [-0.1, -0.05) is 35.3 Å². The minimum Gasteiger partial charge on any atom is -0.478 e. The molecule has 0 bridgehead atoms. The Hall–Kier alpha value is -1.71. The average molecular weight is 338 g/mol. The molecule has 0 spiro atoms.